The van der Waals surface area contributed by atoms with E-state index in [9.17, 15) is 4.79 Å². The van der Waals surface area contributed by atoms with Crippen LogP contribution in [0.1, 0.15) is 15.9 Å². The number of esters is 1. The van der Waals surface area contributed by atoms with E-state index in [4.69, 9.17) is 16.3 Å². The molecule has 2 aromatic rings. The molecule has 0 spiro atoms. The van der Waals surface area contributed by atoms with Crippen molar-refractivity contribution < 1.29 is 9.53 Å². The van der Waals surface area contributed by atoms with Crippen LogP contribution < -0.4 is 0 Å². The first kappa shape index (κ1) is 10.1. The van der Waals surface area contributed by atoms with Gasteiger partial charge in [0.15, 0.2) is 0 Å². The quantitative estimate of drug-likeness (QED) is 0.756. The molecular formula is C11H10ClNO2. The lowest BCUT2D eigenvalue weighted by Gasteiger charge is -2.03. The van der Waals surface area contributed by atoms with Gasteiger partial charge < -0.3 is 9.72 Å². The standard InChI is InChI=1S/C11H10ClNO2/c1-6-5-13-9-4-7(12)3-8(10(6)9)11(14)15-2/h3-5,13H,1-2H3. The number of halogens is 1. The summed E-state index contributed by atoms with van der Waals surface area (Å²) in [5.41, 5.74) is 2.35. The van der Waals surface area contributed by atoms with Gasteiger partial charge in [0.2, 0.25) is 0 Å². The number of aromatic nitrogens is 1. The van der Waals surface area contributed by atoms with Crippen LogP contribution in [0.2, 0.25) is 5.02 Å². The summed E-state index contributed by atoms with van der Waals surface area (Å²) in [6, 6.07) is 3.41. The Balaban J connectivity index is 2.80. The van der Waals surface area contributed by atoms with E-state index in [1.165, 1.54) is 7.11 Å². The molecule has 1 aromatic heterocycles. The first-order chi connectivity index (χ1) is 7.13. The highest BCUT2D eigenvalue weighted by Crippen LogP contribution is 2.26. The third-order valence-corrected chi connectivity index (χ3v) is 2.57. The highest BCUT2D eigenvalue weighted by atomic mass is 35.5. The minimum atomic E-state index is -0.370. The van der Waals surface area contributed by atoms with Gasteiger partial charge in [0, 0.05) is 22.1 Å². The Bertz CT molecular complexity index is 531. The molecule has 2 rings (SSSR count). The molecule has 0 aliphatic rings. The molecule has 1 aromatic carbocycles. The number of methoxy groups -OCH3 is 1. The number of nitrogens with one attached hydrogen (secondary N) is 1. The number of carbonyl (C=O) groups excluding carboxylic acids is 1. The molecule has 0 aliphatic heterocycles. The van der Waals surface area contributed by atoms with Crippen molar-refractivity contribution >= 4 is 28.5 Å². The summed E-state index contributed by atoms with van der Waals surface area (Å²) in [7, 11) is 1.36. The van der Waals surface area contributed by atoms with Gasteiger partial charge in [0.05, 0.1) is 12.7 Å². The van der Waals surface area contributed by atoms with Gasteiger partial charge in [-0.3, -0.25) is 0 Å². The normalized spacial score (nSPS) is 10.6. The average Bonchev–Trinajstić information content (AvgIpc) is 2.58. The Morgan fingerprint density at radius 3 is 2.87 bits per heavy atom. The molecule has 3 nitrogen and oxygen atoms in total. The maximum atomic E-state index is 11.5. The zero-order valence-corrected chi connectivity index (χ0v) is 9.18. The van der Waals surface area contributed by atoms with Crippen molar-refractivity contribution in [2.45, 2.75) is 6.92 Å². The van der Waals surface area contributed by atoms with Gasteiger partial charge in [0.25, 0.3) is 0 Å². The summed E-state index contributed by atoms with van der Waals surface area (Å²) in [6.45, 7) is 1.93. The number of carbonyl (C=O) groups is 1. The Kier molecular flexibility index (Phi) is 2.40. The summed E-state index contributed by atoms with van der Waals surface area (Å²) in [4.78, 5) is 14.6. The molecule has 78 valence electrons. The van der Waals surface area contributed by atoms with Gasteiger partial charge in [-0.2, -0.15) is 0 Å². The molecule has 0 saturated carbocycles. The fourth-order valence-electron chi connectivity index (χ4n) is 1.67. The number of H-pyrrole nitrogens is 1. The maximum absolute atomic E-state index is 11.5. The summed E-state index contributed by atoms with van der Waals surface area (Å²) >= 11 is 5.91. The van der Waals surface area contributed by atoms with Crippen molar-refractivity contribution in [3.63, 3.8) is 0 Å². The van der Waals surface area contributed by atoms with Crippen molar-refractivity contribution in [2.75, 3.05) is 7.11 Å². The zero-order chi connectivity index (χ0) is 11.0. The third kappa shape index (κ3) is 1.59. The Morgan fingerprint density at radius 2 is 2.20 bits per heavy atom. The molecule has 0 bridgehead atoms. The van der Waals surface area contributed by atoms with E-state index >= 15 is 0 Å². The predicted molar refractivity (Wildman–Crippen MR) is 59.4 cm³/mol. The number of fused-ring (bicyclic) bond motifs is 1. The summed E-state index contributed by atoms with van der Waals surface area (Å²) in [5, 5.41) is 1.39. The van der Waals surface area contributed by atoms with E-state index in [-0.39, 0.29) is 5.97 Å². The summed E-state index contributed by atoms with van der Waals surface area (Å²) in [5.74, 6) is -0.370. The molecule has 0 fully saturated rings. The van der Waals surface area contributed by atoms with Crippen LogP contribution in [0.25, 0.3) is 10.9 Å². The minimum Gasteiger partial charge on any atom is -0.465 e. The smallest absolute Gasteiger partial charge is 0.338 e. The molecule has 0 unspecified atom stereocenters. The van der Waals surface area contributed by atoms with E-state index in [0.717, 1.165) is 16.5 Å². The van der Waals surface area contributed by atoms with Crippen LogP contribution in [0, 0.1) is 6.92 Å². The summed E-state index contributed by atoms with van der Waals surface area (Å²) < 4.78 is 4.71. The van der Waals surface area contributed by atoms with Gasteiger partial charge in [0.1, 0.15) is 0 Å². The van der Waals surface area contributed by atoms with Crippen LogP contribution in [0.15, 0.2) is 18.3 Å². The van der Waals surface area contributed by atoms with Gasteiger partial charge in [-0.15, -0.1) is 0 Å². The lowest BCUT2D eigenvalue weighted by atomic mass is 10.1. The number of benzene rings is 1. The second kappa shape index (κ2) is 3.59. The number of aryl methyl sites for hydroxylation is 1. The topological polar surface area (TPSA) is 42.1 Å². The number of hydrogen-bond donors (Lipinski definition) is 1. The van der Waals surface area contributed by atoms with Crippen molar-refractivity contribution in [1.29, 1.82) is 0 Å². The van der Waals surface area contributed by atoms with Crippen LogP contribution in [-0.2, 0) is 4.74 Å². The first-order valence-corrected chi connectivity index (χ1v) is 4.87. The van der Waals surface area contributed by atoms with E-state index in [1.807, 2.05) is 13.1 Å². The summed E-state index contributed by atoms with van der Waals surface area (Å²) in [6.07, 6.45) is 1.84. The Labute approximate surface area is 92.0 Å². The average molecular weight is 224 g/mol. The second-order valence-corrected chi connectivity index (χ2v) is 3.78. The van der Waals surface area contributed by atoms with Crippen LogP contribution in [0.3, 0.4) is 0 Å². The molecule has 4 heteroatoms. The molecule has 1 N–H and O–H groups in total. The SMILES string of the molecule is COC(=O)c1cc(Cl)cc2[nH]cc(C)c12. The van der Waals surface area contributed by atoms with Crippen LogP contribution in [0.5, 0.6) is 0 Å². The van der Waals surface area contributed by atoms with E-state index < -0.39 is 0 Å². The van der Waals surface area contributed by atoms with E-state index in [0.29, 0.717) is 10.6 Å². The molecule has 0 saturated heterocycles. The molecule has 0 atom stereocenters. The Morgan fingerprint density at radius 1 is 1.47 bits per heavy atom. The molecular weight excluding hydrogens is 214 g/mol. The minimum absolute atomic E-state index is 0.370. The monoisotopic (exact) mass is 223 g/mol. The highest BCUT2D eigenvalue weighted by Gasteiger charge is 2.14. The molecule has 0 aliphatic carbocycles. The van der Waals surface area contributed by atoms with Crippen LogP contribution in [0.4, 0.5) is 0 Å². The van der Waals surface area contributed by atoms with Gasteiger partial charge in [-0.25, -0.2) is 4.79 Å². The molecule has 15 heavy (non-hydrogen) atoms. The van der Waals surface area contributed by atoms with Gasteiger partial charge >= 0.3 is 5.97 Å². The lowest BCUT2D eigenvalue weighted by Crippen LogP contribution is -2.02. The highest BCUT2D eigenvalue weighted by molar-refractivity contribution is 6.32. The third-order valence-electron chi connectivity index (χ3n) is 2.35. The van der Waals surface area contributed by atoms with Crippen molar-refractivity contribution in [3.8, 4) is 0 Å². The van der Waals surface area contributed by atoms with Crippen molar-refractivity contribution in [1.82, 2.24) is 4.98 Å². The molecule has 0 radical (unpaired) electrons. The molecule has 0 amide bonds. The fourth-order valence-corrected chi connectivity index (χ4v) is 1.89. The number of hydrogen-bond acceptors (Lipinski definition) is 2. The van der Waals surface area contributed by atoms with Crippen molar-refractivity contribution in [2.24, 2.45) is 0 Å². The van der Waals surface area contributed by atoms with E-state index in [1.54, 1.807) is 12.1 Å². The van der Waals surface area contributed by atoms with Gasteiger partial charge in [-0.05, 0) is 24.6 Å². The second-order valence-electron chi connectivity index (χ2n) is 3.34. The number of aromatic amines is 1. The number of rotatable bonds is 1. The fraction of sp³-hybridized carbons (Fsp3) is 0.182. The lowest BCUT2D eigenvalue weighted by molar-refractivity contribution is 0.0603. The van der Waals surface area contributed by atoms with Crippen molar-refractivity contribution in [3.05, 3.63) is 34.5 Å². The maximum Gasteiger partial charge on any atom is 0.338 e. The largest absolute Gasteiger partial charge is 0.465 e. The van der Waals surface area contributed by atoms with Gasteiger partial charge in [-0.1, -0.05) is 11.6 Å². The first-order valence-electron chi connectivity index (χ1n) is 4.49. The predicted octanol–water partition coefficient (Wildman–Crippen LogP) is 2.92. The van der Waals surface area contributed by atoms with Crippen LogP contribution >= 0.6 is 11.6 Å². The van der Waals surface area contributed by atoms with Crippen LogP contribution in [-0.4, -0.2) is 18.1 Å². The number of ether oxygens (including phenoxy) is 1. The Hall–Kier alpha value is -1.48. The van der Waals surface area contributed by atoms with E-state index in [2.05, 4.69) is 4.98 Å². The molecule has 1 heterocycles. The zero-order valence-electron chi connectivity index (χ0n) is 8.43.